The summed E-state index contributed by atoms with van der Waals surface area (Å²) in [6, 6.07) is 14.0. The van der Waals surface area contributed by atoms with Gasteiger partial charge in [0, 0.05) is 25.6 Å². The number of para-hydroxylation sites is 1. The second-order valence-electron chi connectivity index (χ2n) is 7.17. The molecule has 5 nitrogen and oxygen atoms in total. The van der Waals surface area contributed by atoms with Crippen LogP contribution in [0.4, 0.5) is 13.2 Å². The average molecular weight is 420 g/mol. The van der Waals surface area contributed by atoms with Crippen molar-refractivity contribution in [1.82, 2.24) is 10.2 Å². The Morgan fingerprint density at radius 3 is 2.40 bits per heavy atom. The van der Waals surface area contributed by atoms with E-state index in [0.29, 0.717) is 37.2 Å². The molecule has 1 aliphatic heterocycles. The SMILES string of the molecule is O=C(NCc1cccc(C(F)(F)F)c1)C1CCN(C(=O)COc2ccccc2)CC1. The number of carbonyl (C=O) groups excluding carboxylic acids is 2. The molecule has 0 aliphatic carbocycles. The predicted molar refractivity (Wildman–Crippen MR) is 105 cm³/mol. The van der Waals surface area contributed by atoms with Gasteiger partial charge < -0.3 is 15.0 Å². The molecule has 0 spiro atoms. The molecule has 2 amide bonds. The highest BCUT2D eigenvalue weighted by Crippen LogP contribution is 2.29. The molecule has 0 atom stereocenters. The summed E-state index contributed by atoms with van der Waals surface area (Å²) in [6.45, 7) is 0.862. The predicted octanol–water partition coefficient (Wildman–Crippen LogP) is 3.64. The number of carbonyl (C=O) groups is 2. The van der Waals surface area contributed by atoms with Crippen LogP contribution in [-0.4, -0.2) is 36.4 Å². The van der Waals surface area contributed by atoms with Crippen LogP contribution in [0.5, 0.6) is 5.75 Å². The van der Waals surface area contributed by atoms with Crippen molar-refractivity contribution in [3.63, 3.8) is 0 Å². The molecule has 1 heterocycles. The Bertz CT molecular complexity index is 863. The normalized spacial score (nSPS) is 15.0. The zero-order chi connectivity index (χ0) is 21.6. The van der Waals surface area contributed by atoms with Crippen LogP contribution in [-0.2, 0) is 22.3 Å². The van der Waals surface area contributed by atoms with Gasteiger partial charge in [0.05, 0.1) is 5.56 Å². The summed E-state index contributed by atoms with van der Waals surface area (Å²) in [6.07, 6.45) is -3.40. The maximum absolute atomic E-state index is 12.8. The Hall–Kier alpha value is -3.03. The van der Waals surface area contributed by atoms with E-state index in [1.165, 1.54) is 6.07 Å². The molecule has 160 valence electrons. The van der Waals surface area contributed by atoms with Gasteiger partial charge in [0.2, 0.25) is 5.91 Å². The van der Waals surface area contributed by atoms with Gasteiger partial charge in [-0.05, 0) is 42.7 Å². The minimum Gasteiger partial charge on any atom is -0.484 e. The van der Waals surface area contributed by atoms with E-state index in [4.69, 9.17) is 4.74 Å². The van der Waals surface area contributed by atoms with E-state index in [0.717, 1.165) is 12.1 Å². The number of ether oxygens (including phenoxy) is 1. The van der Waals surface area contributed by atoms with Crippen molar-refractivity contribution >= 4 is 11.8 Å². The van der Waals surface area contributed by atoms with Crippen molar-refractivity contribution in [2.75, 3.05) is 19.7 Å². The zero-order valence-electron chi connectivity index (χ0n) is 16.3. The second-order valence-corrected chi connectivity index (χ2v) is 7.17. The van der Waals surface area contributed by atoms with Crippen LogP contribution < -0.4 is 10.1 Å². The summed E-state index contributed by atoms with van der Waals surface area (Å²) in [4.78, 5) is 26.3. The smallest absolute Gasteiger partial charge is 0.416 e. The molecule has 1 fully saturated rings. The number of piperidine rings is 1. The fourth-order valence-corrected chi connectivity index (χ4v) is 3.34. The van der Waals surface area contributed by atoms with Gasteiger partial charge in [0.25, 0.3) is 5.91 Å². The lowest BCUT2D eigenvalue weighted by Crippen LogP contribution is -2.44. The molecule has 0 saturated carbocycles. The molecule has 2 aromatic carbocycles. The Morgan fingerprint density at radius 1 is 1.03 bits per heavy atom. The van der Waals surface area contributed by atoms with E-state index in [1.807, 2.05) is 18.2 Å². The minimum atomic E-state index is -4.41. The summed E-state index contributed by atoms with van der Waals surface area (Å²) >= 11 is 0. The third kappa shape index (κ3) is 5.98. The highest BCUT2D eigenvalue weighted by atomic mass is 19.4. The maximum Gasteiger partial charge on any atom is 0.416 e. The van der Waals surface area contributed by atoms with E-state index >= 15 is 0 Å². The Balaban J connectivity index is 1.42. The van der Waals surface area contributed by atoms with Gasteiger partial charge >= 0.3 is 6.18 Å². The largest absolute Gasteiger partial charge is 0.484 e. The van der Waals surface area contributed by atoms with Crippen LogP contribution in [0.25, 0.3) is 0 Å². The Morgan fingerprint density at radius 2 is 1.73 bits per heavy atom. The van der Waals surface area contributed by atoms with Gasteiger partial charge in [-0.25, -0.2) is 0 Å². The Labute approximate surface area is 172 Å². The summed E-state index contributed by atoms with van der Waals surface area (Å²) in [5.74, 6) is 0.00585. The number of nitrogens with one attached hydrogen (secondary N) is 1. The van der Waals surface area contributed by atoms with Crippen molar-refractivity contribution in [2.45, 2.75) is 25.6 Å². The number of rotatable bonds is 6. The summed E-state index contributed by atoms with van der Waals surface area (Å²) < 4.78 is 43.8. The first-order valence-corrected chi connectivity index (χ1v) is 9.72. The second kappa shape index (κ2) is 9.65. The lowest BCUT2D eigenvalue weighted by molar-refractivity contribution is -0.138. The Kier molecular flexibility index (Phi) is 6.97. The molecule has 0 aromatic heterocycles. The number of hydrogen-bond donors (Lipinski definition) is 1. The molecule has 1 N–H and O–H groups in total. The molecular weight excluding hydrogens is 397 g/mol. The van der Waals surface area contributed by atoms with E-state index in [-0.39, 0.29) is 30.9 Å². The van der Waals surface area contributed by atoms with Crippen molar-refractivity contribution < 1.29 is 27.5 Å². The summed E-state index contributed by atoms with van der Waals surface area (Å²) in [7, 11) is 0. The maximum atomic E-state index is 12.8. The lowest BCUT2D eigenvalue weighted by Gasteiger charge is -2.31. The summed E-state index contributed by atoms with van der Waals surface area (Å²) in [5.41, 5.74) is -0.345. The van der Waals surface area contributed by atoms with Crippen LogP contribution >= 0.6 is 0 Å². The van der Waals surface area contributed by atoms with E-state index in [2.05, 4.69) is 5.32 Å². The number of likely N-dealkylation sites (tertiary alicyclic amines) is 1. The molecule has 1 saturated heterocycles. The number of halogens is 3. The molecule has 1 aliphatic rings. The van der Waals surface area contributed by atoms with Gasteiger partial charge in [0.1, 0.15) is 5.75 Å². The minimum absolute atomic E-state index is 0.0345. The quantitative estimate of drug-likeness (QED) is 0.776. The molecule has 0 unspecified atom stereocenters. The molecule has 8 heteroatoms. The molecule has 0 radical (unpaired) electrons. The van der Waals surface area contributed by atoms with E-state index < -0.39 is 11.7 Å². The van der Waals surface area contributed by atoms with E-state index in [1.54, 1.807) is 23.1 Å². The van der Waals surface area contributed by atoms with Crippen LogP contribution in [0.15, 0.2) is 54.6 Å². The van der Waals surface area contributed by atoms with Crippen LogP contribution in [0, 0.1) is 5.92 Å². The van der Waals surface area contributed by atoms with Crippen molar-refractivity contribution in [2.24, 2.45) is 5.92 Å². The fourth-order valence-electron chi connectivity index (χ4n) is 3.34. The third-order valence-electron chi connectivity index (χ3n) is 5.05. The highest BCUT2D eigenvalue weighted by molar-refractivity contribution is 5.80. The van der Waals surface area contributed by atoms with Gasteiger partial charge in [0.15, 0.2) is 6.61 Å². The monoisotopic (exact) mass is 420 g/mol. The zero-order valence-corrected chi connectivity index (χ0v) is 16.3. The van der Waals surface area contributed by atoms with Crippen LogP contribution in [0.2, 0.25) is 0 Å². The first kappa shape index (κ1) is 21.7. The van der Waals surface area contributed by atoms with Crippen LogP contribution in [0.3, 0.4) is 0 Å². The number of alkyl halides is 3. The molecule has 2 aromatic rings. The molecule has 30 heavy (non-hydrogen) atoms. The van der Waals surface area contributed by atoms with Gasteiger partial charge in [-0.3, -0.25) is 9.59 Å². The number of benzene rings is 2. The average Bonchev–Trinajstić information content (AvgIpc) is 2.76. The number of nitrogens with zero attached hydrogens (tertiary/aromatic N) is 1. The van der Waals surface area contributed by atoms with Crippen molar-refractivity contribution in [3.8, 4) is 5.75 Å². The van der Waals surface area contributed by atoms with Gasteiger partial charge in [-0.1, -0.05) is 30.3 Å². The highest BCUT2D eigenvalue weighted by Gasteiger charge is 2.30. The van der Waals surface area contributed by atoms with E-state index in [9.17, 15) is 22.8 Å². The topological polar surface area (TPSA) is 58.6 Å². The first-order chi connectivity index (χ1) is 14.3. The lowest BCUT2D eigenvalue weighted by atomic mass is 9.95. The molecular formula is C22H23F3N2O3. The standard InChI is InChI=1S/C22H23F3N2O3/c23-22(24,25)18-6-4-5-16(13-18)14-26-21(29)17-9-11-27(12-10-17)20(28)15-30-19-7-2-1-3-8-19/h1-8,13,17H,9-12,14-15H2,(H,26,29). The van der Waals surface area contributed by atoms with Crippen molar-refractivity contribution in [1.29, 1.82) is 0 Å². The first-order valence-electron chi connectivity index (χ1n) is 9.72. The summed E-state index contributed by atoms with van der Waals surface area (Å²) in [5, 5.41) is 2.70. The molecule has 0 bridgehead atoms. The molecule has 3 rings (SSSR count). The van der Waals surface area contributed by atoms with Gasteiger partial charge in [-0.2, -0.15) is 13.2 Å². The number of amides is 2. The van der Waals surface area contributed by atoms with Crippen molar-refractivity contribution in [3.05, 3.63) is 65.7 Å². The van der Waals surface area contributed by atoms with Gasteiger partial charge in [-0.15, -0.1) is 0 Å². The number of hydrogen-bond acceptors (Lipinski definition) is 3. The third-order valence-corrected chi connectivity index (χ3v) is 5.05. The van der Waals surface area contributed by atoms with Crippen LogP contribution in [0.1, 0.15) is 24.0 Å². The fraction of sp³-hybridized carbons (Fsp3) is 0.364.